The molecule has 0 spiro atoms. The van der Waals surface area contributed by atoms with Crippen molar-refractivity contribution < 1.29 is 14.9 Å². The number of guanidine groups is 1. The van der Waals surface area contributed by atoms with Crippen molar-refractivity contribution in [1.82, 2.24) is 24.8 Å². The number of rotatable bonds is 6. The highest BCUT2D eigenvalue weighted by molar-refractivity contribution is 7.99. The first-order chi connectivity index (χ1) is 12.0. The van der Waals surface area contributed by atoms with E-state index in [2.05, 4.69) is 20.3 Å². The van der Waals surface area contributed by atoms with Crippen LogP contribution in [0, 0.1) is 5.41 Å². The van der Waals surface area contributed by atoms with Crippen molar-refractivity contribution in [1.29, 1.82) is 5.41 Å². The molecule has 0 saturated carbocycles. The van der Waals surface area contributed by atoms with Crippen LogP contribution in [0.15, 0.2) is 12.7 Å². The number of aromatic nitrogens is 4. The summed E-state index contributed by atoms with van der Waals surface area (Å²) in [5.41, 5.74) is 11.8. The third-order valence-corrected chi connectivity index (χ3v) is 4.90. The van der Waals surface area contributed by atoms with Crippen LogP contribution in [0.3, 0.4) is 0 Å². The Morgan fingerprint density at radius 2 is 2.16 bits per heavy atom. The molecule has 25 heavy (non-hydrogen) atoms. The number of hydrogen-bond donors (Lipinski definition) is 6. The van der Waals surface area contributed by atoms with Crippen LogP contribution >= 0.6 is 11.8 Å². The van der Waals surface area contributed by atoms with Crippen LogP contribution in [0.2, 0.25) is 0 Å². The summed E-state index contributed by atoms with van der Waals surface area (Å²) >= 11 is 1.52. The molecule has 3 rings (SSSR count). The zero-order chi connectivity index (χ0) is 18.0. The van der Waals surface area contributed by atoms with Gasteiger partial charge in [-0.05, 0) is 0 Å². The molecule has 4 atom stereocenters. The molecule has 0 amide bonds. The number of thioether (sulfide) groups is 1. The Bertz CT molecular complexity index is 756. The highest BCUT2D eigenvalue weighted by Gasteiger charge is 2.44. The molecule has 0 aliphatic carbocycles. The maximum atomic E-state index is 10.3. The van der Waals surface area contributed by atoms with Gasteiger partial charge in [-0.3, -0.25) is 9.98 Å². The van der Waals surface area contributed by atoms with Gasteiger partial charge in [-0.25, -0.2) is 15.0 Å². The summed E-state index contributed by atoms with van der Waals surface area (Å²) in [7, 11) is 0. The van der Waals surface area contributed by atoms with Crippen LogP contribution in [0.4, 0.5) is 5.82 Å². The fourth-order valence-electron chi connectivity index (χ4n) is 2.61. The second kappa shape index (κ2) is 7.39. The number of ether oxygens (including phenoxy) is 1. The maximum Gasteiger partial charge on any atom is 0.185 e. The molecular weight excluding hydrogens is 348 g/mol. The van der Waals surface area contributed by atoms with E-state index in [-0.39, 0.29) is 11.8 Å². The van der Waals surface area contributed by atoms with Crippen molar-refractivity contribution in [3.05, 3.63) is 12.7 Å². The van der Waals surface area contributed by atoms with Crippen molar-refractivity contribution >= 4 is 34.7 Å². The van der Waals surface area contributed by atoms with Crippen LogP contribution in [-0.4, -0.2) is 72.1 Å². The summed E-state index contributed by atoms with van der Waals surface area (Å²) in [6.45, 7) is 0.539. The monoisotopic (exact) mass is 368 g/mol. The number of fused-ring (bicyclic) bond motifs is 1. The van der Waals surface area contributed by atoms with E-state index >= 15 is 0 Å². The third-order valence-electron chi connectivity index (χ3n) is 3.84. The Morgan fingerprint density at radius 1 is 1.36 bits per heavy atom. The molecule has 2 aromatic heterocycles. The molecule has 1 fully saturated rings. The summed E-state index contributed by atoms with van der Waals surface area (Å²) in [6.07, 6.45) is -0.732. The van der Waals surface area contributed by atoms with Crippen molar-refractivity contribution in [3.8, 4) is 0 Å². The van der Waals surface area contributed by atoms with Gasteiger partial charge in [0.15, 0.2) is 23.7 Å². The molecule has 136 valence electrons. The van der Waals surface area contributed by atoms with Gasteiger partial charge in [0, 0.05) is 18.1 Å². The zero-order valence-electron chi connectivity index (χ0n) is 13.2. The van der Waals surface area contributed by atoms with E-state index in [0.29, 0.717) is 29.2 Å². The van der Waals surface area contributed by atoms with E-state index in [0.717, 1.165) is 0 Å². The van der Waals surface area contributed by atoms with Gasteiger partial charge < -0.3 is 31.7 Å². The molecule has 3 heterocycles. The molecule has 0 unspecified atom stereocenters. The minimum Gasteiger partial charge on any atom is -0.387 e. The van der Waals surface area contributed by atoms with E-state index < -0.39 is 24.5 Å². The number of hydrogen-bond acceptors (Lipinski definition) is 9. The van der Waals surface area contributed by atoms with Crippen LogP contribution in [0.1, 0.15) is 6.23 Å². The van der Waals surface area contributed by atoms with Crippen molar-refractivity contribution in [2.24, 2.45) is 5.73 Å². The van der Waals surface area contributed by atoms with Gasteiger partial charge in [0.1, 0.15) is 24.1 Å². The Kier molecular flexibility index (Phi) is 5.22. The summed E-state index contributed by atoms with van der Waals surface area (Å²) < 4.78 is 7.36. The number of nitrogen functional groups attached to an aromatic ring is 1. The molecule has 8 N–H and O–H groups in total. The molecule has 0 aromatic carbocycles. The van der Waals surface area contributed by atoms with Crippen molar-refractivity contribution in [2.45, 2.75) is 24.5 Å². The van der Waals surface area contributed by atoms with Crippen LogP contribution in [0.25, 0.3) is 11.2 Å². The third kappa shape index (κ3) is 3.61. The number of aliphatic hydroxyl groups excluding tert-OH is 2. The summed E-state index contributed by atoms with van der Waals surface area (Å²) in [4.78, 5) is 12.1. The van der Waals surface area contributed by atoms with Crippen LogP contribution in [0.5, 0.6) is 0 Å². The fraction of sp³-hybridized carbons (Fsp3) is 0.538. The molecule has 1 saturated heterocycles. The number of nitrogens with two attached hydrogens (primary N) is 2. The minimum atomic E-state index is -1.12. The molecule has 1 aliphatic rings. The lowest BCUT2D eigenvalue weighted by atomic mass is 10.1. The first kappa shape index (κ1) is 17.7. The Labute approximate surface area is 147 Å². The minimum absolute atomic E-state index is 0.0820. The smallest absolute Gasteiger partial charge is 0.185 e. The Morgan fingerprint density at radius 3 is 2.92 bits per heavy atom. The van der Waals surface area contributed by atoms with Gasteiger partial charge in [-0.15, -0.1) is 0 Å². The first-order valence-corrected chi connectivity index (χ1v) is 8.74. The van der Waals surface area contributed by atoms with E-state index in [1.807, 2.05) is 0 Å². The fourth-order valence-corrected chi connectivity index (χ4v) is 3.53. The lowest BCUT2D eigenvalue weighted by Crippen LogP contribution is -2.33. The number of aliphatic hydroxyl groups is 2. The van der Waals surface area contributed by atoms with Gasteiger partial charge >= 0.3 is 0 Å². The molecule has 1 aliphatic heterocycles. The number of anilines is 1. The Hall–Kier alpha value is -2.15. The van der Waals surface area contributed by atoms with Gasteiger partial charge in [-0.1, -0.05) is 0 Å². The molecule has 0 bridgehead atoms. The summed E-state index contributed by atoms with van der Waals surface area (Å²) in [6, 6.07) is 0. The van der Waals surface area contributed by atoms with Gasteiger partial charge in [-0.2, -0.15) is 11.8 Å². The predicted molar refractivity (Wildman–Crippen MR) is 92.9 cm³/mol. The average molecular weight is 368 g/mol. The SMILES string of the molecule is N=C(N)NCCSC[C@H]1O[C@@H](n2cnc3c(N)ncnc32)[C@H](O)[C@@H]1O. The van der Waals surface area contributed by atoms with E-state index in [1.165, 1.54) is 24.4 Å². The maximum absolute atomic E-state index is 10.3. The van der Waals surface area contributed by atoms with Gasteiger partial charge in [0.2, 0.25) is 0 Å². The quantitative estimate of drug-likeness (QED) is 0.194. The van der Waals surface area contributed by atoms with Crippen molar-refractivity contribution in [3.63, 3.8) is 0 Å². The standard InChI is InChI=1S/C13H20N8O3S/c14-10-7-11(19-4-18-10)21(5-20-7)12-9(23)8(22)6(24-12)3-25-2-1-17-13(15)16/h4-6,8-9,12,22-23H,1-3H2,(H2,14,18,19)(H4,15,16,17)/t6-,8-,9-,12-/m1/s1. The normalized spacial score (nSPS) is 26.2. The van der Waals surface area contributed by atoms with Crippen LogP contribution < -0.4 is 16.8 Å². The van der Waals surface area contributed by atoms with E-state index in [9.17, 15) is 10.2 Å². The van der Waals surface area contributed by atoms with Gasteiger partial charge in [0.05, 0.1) is 12.4 Å². The molecular formula is C13H20N8O3S. The molecule has 11 nitrogen and oxygen atoms in total. The largest absolute Gasteiger partial charge is 0.387 e. The van der Waals surface area contributed by atoms with Gasteiger partial charge in [0.25, 0.3) is 0 Å². The molecule has 0 radical (unpaired) electrons. The second-order valence-electron chi connectivity index (χ2n) is 5.54. The van der Waals surface area contributed by atoms with Crippen molar-refractivity contribution in [2.75, 3.05) is 23.8 Å². The van der Waals surface area contributed by atoms with E-state index in [1.54, 1.807) is 4.57 Å². The number of imidazole rings is 1. The lowest BCUT2D eigenvalue weighted by molar-refractivity contribution is -0.0289. The summed E-state index contributed by atoms with van der Waals surface area (Å²) in [5, 5.41) is 30.4. The summed E-state index contributed by atoms with van der Waals surface area (Å²) in [5.74, 6) is 1.33. The number of nitrogens with one attached hydrogen (secondary N) is 2. The average Bonchev–Trinajstić information content (AvgIpc) is 3.11. The number of nitrogens with zero attached hydrogens (tertiary/aromatic N) is 4. The highest BCUT2D eigenvalue weighted by Crippen LogP contribution is 2.33. The Balaban J connectivity index is 1.65. The zero-order valence-corrected chi connectivity index (χ0v) is 14.1. The predicted octanol–water partition coefficient (Wildman–Crippen LogP) is -1.76. The first-order valence-electron chi connectivity index (χ1n) is 7.59. The molecule has 12 heteroatoms. The molecule has 2 aromatic rings. The topological polar surface area (TPSA) is 181 Å². The second-order valence-corrected chi connectivity index (χ2v) is 6.69. The van der Waals surface area contributed by atoms with E-state index in [4.69, 9.17) is 21.6 Å². The lowest BCUT2D eigenvalue weighted by Gasteiger charge is -2.16. The van der Waals surface area contributed by atoms with Crippen LogP contribution in [-0.2, 0) is 4.74 Å². The highest BCUT2D eigenvalue weighted by atomic mass is 32.2.